The van der Waals surface area contributed by atoms with E-state index in [-0.39, 0.29) is 5.56 Å². The van der Waals surface area contributed by atoms with E-state index in [9.17, 15) is 22.8 Å². The topological polar surface area (TPSA) is 52.6 Å². The fraction of sp³-hybridized carbons (Fsp3) is 0.429. The summed E-state index contributed by atoms with van der Waals surface area (Å²) in [6.45, 7) is 7.18. The van der Waals surface area contributed by atoms with Crippen LogP contribution >= 0.6 is 11.3 Å². The van der Waals surface area contributed by atoms with Gasteiger partial charge in [0.2, 0.25) is 4.74 Å². The number of hydrogen-bond acceptors (Lipinski definition) is 5. The quantitative estimate of drug-likeness (QED) is 0.294. The molecule has 0 saturated heterocycles. The molecule has 0 aliphatic carbocycles. The van der Waals surface area contributed by atoms with E-state index in [1.807, 2.05) is 0 Å². The lowest BCUT2D eigenvalue weighted by Crippen LogP contribution is -2.18. The lowest BCUT2D eigenvalue weighted by Gasteiger charge is -2.12. The molecule has 2 aromatic rings. The van der Waals surface area contributed by atoms with Crippen LogP contribution in [0.4, 0.5) is 13.2 Å². The molecule has 0 radical (unpaired) electrons. The van der Waals surface area contributed by atoms with E-state index in [0.717, 1.165) is 25.7 Å². The minimum absolute atomic E-state index is 0.0778. The minimum atomic E-state index is -4.68. The molecule has 4 nitrogen and oxygen atoms in total. The van der Waals surface area contributed by atoms with Crippen molar-refractivity contribution in [2.75, 3.05) is 13.2 Å². The molecule has 0 N–H and O–H groups in total. The van der Waals surface area contributed by atoms with Crippen molar-refractivity contribution < 1.29 is 27.4 Å². The molecule has 0 atom stereocenters. The fourth-order valence-corrected chi connectivity index (χ4v) is 3.81. The van der Waals surface area contributed by atoms with E-state index < -0.39 is 22.5 Å². The normalized spacial score (nSPS) is 11.5. The first-order valence-corrected chi connectivity index (χ1v) is 10.0. The van der Waals surface area contributed by atoms with Crippen LogP contribution in [0.5, 0.6) is 5.75 Å². The molecule has 0 fully saturated rings. The molecule has 0 aliphatic rings. The van der Waals surface area contributed by atoms with Gasteiger partial charge in [-0.25, -0.2) is 4.79 Å². The second-order valence-corrected chi connectivity index (χ2v) is 7.74. The van der Waals surface area contributed by atoms with Crippen molar-refractivity contribution in [1.82, 2.24) is 0 Å². The van der Waals surface area contributed by atoms with E-state index >= 15 is 0 Å². The molecular weight excluding hydrogens is 405 g/mol. The number of carbonyl (C=O) groups excluding carboxylic acids is 1. The predicted octanol–water partition coefficient (Wildman–Crippen LogP) is 5.65. The number of carbonyl (C=O) groups is 1. The Bertz CT molecular complexity index is 947. The Labute approximate surface area is 171 Å². The van der Waals surface area contributed by atoms with Gasteiger partial charge < -0.3 is 9.47 Å². The van der Waals surface area contributed by atoms with Crippen LogP contribution in [0.2, 0.25) is 0 Å². The lowest BCUT2D eigenvalue weighted by atomic mass is 10.1. The van der Waals surface area contributed by atoms with Gasteiger partial charge in [-0.3, -0.25) is 4.79 Å². The highest BCUT2D eigenvalue weighted by Crippen LogP contribution is 2.35. The molecule has 0 bridgehead atoms. The zero-order valence-corrected chi connectivity index (χ0v) is 17.2. The van der Waals surface area contributed by atoms with Crippen LogP contribution < -0.4 is 9.48 Å². The number of ether oxygens (including phenoxy) is 2. The van der Waals surface area contributed by atoms with Gasteiger partial charge in [0.15, 0.2) is 0 Å². The van der Waals surface area contributed by atoms with Crippen molar-refractivity contribution in [3.8, 4) is 5.75 Å². The van der Waals surface area contributed by atoms with Crippen LogP contribution in [-0.4, -0.2) is 19.2 Å². The van der Waals surface area contributed by atoms with Gasteiger partial charge in [0.25, 0.3) is 0 Å². The molecule has 1 aromatic heterocycles. The van der Waals surface area contributed by atoms with Gasteiger partial charge in [-0.15, -0.1) is 0 Å². The van der Waals surface area contributed by atoms with Gasteiger partial charge in [-0.05, 0) is 68.7 Å². The van der Waals surface area contributed by atoms with Crippen LogP contribution in [0.25, 0.3) is 10.1 Å². The molecule has 158 valence electrons. The second-order valence-electron chi connectivity index (χ2n) is 6.72. The lowest BCUT2D eigenvalue weighted by molar-refractivity contribution is -0.139. The molecular formula is C21H23F3O4S. The number of benzene rings is 1. The highest BCUT2D eigenvalue weighted by atomic mass is 32.1. The Balaban J connectivity index is 1.87. The van der Waals surface area contributed by atoms with E-state index in [4.69, 9.17) is 9.47 Å². The molecule has 1 aromatic carbocycles. The summed E-state index contributed by atoms with van der Waals surface area (Å²) in [6.07, 6.45) is -1.43. The van der Waals surface area contributed by atoms with Gasteiger partial charge in [0.05, 0.1) is 13.2 Å². The number of alkyl halides is 3. The Morgan fingerprint density at radius 2 is 1.79 bits per heavy atom. The number of hydrogen-bond donors (Lipinski definition) is 0. The van der Waals surface area contributed by atoms with Gasteiger partial charge in [-0.1, -0.05) is 17.9 Å². The maximum Gasteiger partial charge on any atom is 0.421 e. The molecule has 0 aliphatic heterocycles. The third-order valence-corrected chi connectivity index (χ3v) is 5.27. The van der Waals surface area contributed by atoms with Gasteiger partial charge >= 0.3 is 12.1 Å². The first-order chi connectivity index (χ1) is 13.6. The van der Waals surface area contributed by atoms with E-state index in [1.54, 1.807) is 25.1 Å². The summed E-state index contributed by atoms with van der Waals surface area (Å²) < 4.78 is 49.6. The molecule has 29 heavy (non-hydrogen) atoms. The number of rotatable bonds is 9. The fourth-order valence-electron chi connectivity index (χ4n) is 2.78. The van der Waals surface area contributed by atoms with Crippen molar-refractivity contribution in [2.24, 2.45) is 0 Å². The van der Waals surface area contributed by atoms with Gasteiger partial charge in [0, 0.05) is 10.3 Å². The SMILES string of the molecule is C=C(C)C(=O)OCCCCCCOc1ccc2sc(=O)c(C(F)(F)F)c(C)c2c1. The smallest absolute Gasteiger partial charge is 0.421 e. The number of aryl methyl sites for hydroxylation is 1. The summed E-state index contributed by atoms with van der Waals surface area (Å²) in [5, 5.41) is 0.374. The third kappa shape index (κ3) is 6.32. The highest BCUT2D eigenvalue weighted by molar-refractivity contribution is 7.16. The Morgan fingerprint density at radius 1 is 1.14 bits per heavy atom. The Hall–Kier alpha value is -2.35. The third-order valence-electron chi connectivity index (χ3n) is 4.31. The van der Waals surface area contributed by atoms with Crippen LogP contribution in [-0.2, 0) is 15.7 Å². The average molecular weight is 428 g/mol. The summed E-state index contributed by atoms with van der Waals surface area (Å²) in [6, 6.07) is 4.81. The van der Waals surface area contributed by atoms with Crippen molar-refractivity contribution in [1.29, 1.82) is 0 Å². The van der Waals surface area contributed by atoms with Gasteiger partial charge in [-0.2, -0.15) is 13.2 Å². The van der Waals surface area contributed by atoms with Crippen molar-refractivity contribution >= 4 is 27.4 Å². The average Bonchev–Trinajstić information content (AvgIpc) is 2.62. The maximum atomic E-state index is 13.1. The van der Waals surface area contributed by atoms with Gasteiger partial charge in [0.1, 0.15) is 11.3 Å². The summed E-state index contributed by atoms with van der Waals surface area (Å²) in [4.78, 5) is 23.0. The van der Waals surface area contributed by atoms with Crippen LogP contribution in [0.15, 0.2) is 35.1 Å². The molecule has 8 heteroatoms. The highest BCUT2D eigenvalue weighted by Gasteiger charge is 2.36. The molecule has 0 spiro atoms. The summed E-state index contributed by atoms with van der Waals surface area (Å²) in [5.74, 6) is 0.0774. The standard InChI is InChI=1S/C21H23F3O4S/c1-13(2)19(25)28-11-7-5-4-6-10-27-15-8-9-17-16(12-15)14(3)18(20(26)29-17)21(22,23)24/h8-9,12H,1,4-7,10-11H2,2-3H3. The zero-order valence-electron chi connectivity index (χ0n) is 16.4. The number of halogens is 3. The number of esters is 1. The second kappa shape index (κ2) is 9.91. The largest absolute Gasteiger partial charge is 0.494 e. The van der Waals surface area contributed by atoms with E-state index in [0.29, 0.717) is 46.0 Å². The Kier molecular flexibility index (Phi) is 7.84. The van der Waals surface area contributed by atoms with Crippen molar-refractivity contribution in [3.63, 3.8) is 0 Å². The van der Waals surface area contributed by atoms with Crippen molar-refractivity contribution in [2.45, 2.75) is 45.7 Å². The monoisotopic (exact) mass is 428 g/mol. The van der Waals surface area contributed by atoms with Crippen LogP contribution in [0, 0.1) is 6.92 Å². The predicted molar refractivity (Wildman–Crippen MR) is 108 cm³/mol. The molecule has 0 amide bonds. The van der Waals surface area contributed by atoms with E-state index in [2.05, 4.69) is 6.58 Å². The summed E-state index contributed by atoms with van der Waals surface area (Å²) >= 11 is 0.589. The van der Waals surface area contributed by atoms with Crippen LogP contribution in [0.3, 0.4) is 0 Å². The molecule has 0 unspecified atom stereocenters. The minimum Gasteiger partial charge on any atom is -0.494 e. The maximum absolute atomic E-state index is 13.1. The number of fused-ring (bicyclic) bond motifs is 1. The van der Waals surface area contributed by atoms with E-state index in [1.165, 1.54) is 6.92 Å². The molecule has 2 rings (SSSR count). The molecule has 0 saturated carbocycles. The summed E-state index contributed by atoms with van der Waals surface area (Å²) in [7, 11) is 0. The summed E-state index contributed by atoms with van der Waals surface area (Å²) in [5.41, 5.74) is -0.816. The first-order valence-electron chi connectivity index (χ1n) is 9.21. The Morgan fingerprint density at radius 3 is 2.41 bits per heavy atom. The first kappa shape index (κ1) is 22.9. The van der Waals surface area contributed by atoms with Crippen molar-refractivity contribution in [3.05, 3.63) is 51.0 Å². The molecule has 1 heterocycles. The van der Waals surface area contributed by atoms with Crippen LogP contribution in [0.1, 0.15) is 43.7 Å². The number of unbranched alkanes of at least 4 members (excludes halogenated alkanes) is 3. The zero-order chi connectivity index (χ0) is 21.6.